The zero-order valence-corrected chi connectivity index (χ0v) is 25.6. The normalized spacial score (nSPS) is 19.3. The van der Waals surface area contributed by atoms with Crippen LogP contribution in [0.5, 0.6) is 11.5 Å². The lowest BCUT2D eigenvalue weighted by atomic mass is 10.0. The number of amides is 3. The van der Waals surface area contributed by atoms with E-state index in [0.29, 0.717) is 17.1 Å². The number of ether oxygens (including phenoxy) is 3. The average Bonchev–Trinajstić information content (AvgIpc) is 3.43. The molecule has 0 saturated heterocycles. The Labute approximate surface area is 255 Å². The fraction of sp³-hybridized carbons (Fsp3) is 0.433. The Morgan fingerprint density at radius 2 is 1.82 bits per heavy atom. The van der Waals surface area contributed by atoms with Gasteiger partial charge in [-0.25, -0.2) is 4.79 Å². The summed E-state index contributed by atoms with van der Waals surface area (Å²) < 4.78 is 17.8. The molecule has 2 bridgehead atoms. The van der Waals surface area contributed by atoms with Gasteiger partial charge < -0.3 is 29.7 Å². The number of esters is 1. The van der Waals surface area contributed by atoms with Gasteiger partial charge in [-0.15, -0.1) is 5.10 Å². The largest absolute Gasteiger partial charge is 0.493 e. The van der Waals surface area contributed by atoms with Crippen molar-refractivity contribution in [1.29, 1.82) is 0 Å². The highest BCUT2D eigenvalue weighted by molar-refractivity contribution is 5.95. The van der Waals surface area contributed by atoms with Crippen LogP contribution in [-0.4, -0.2) is 94.3 Å². The molecule has 0 radical (unpaired) electrons. The molecule has 4 rings (SSSR count). The second-order valence-electron chi connectivity index (χ2n) is 10.9. The first kappa shape index (κ1) is 31.9. The molecular weight excluding hydrogens is 570 g/mol. The van der Waals surface area contributed by atoms with Gasteiger partial charge in [0, 0.05) is 18.2 Å². The van der Waals surface area contributed by atoms with Crippen molar-refractivity contribution >= 4 is 23.7 Å². The van der Waals surface area contributed by atoms with Crippen LogP contribution >= 0.6 is 0 Å². The van der Waals surface area contributed by atoms with E-state index in [9.17, 15) is 19.2 Å². The van der Waals surface area contributed by atoms with E-state index in [1.54, 1.807) is 54.9 Å². The third kappa shape index (κ3) is 7.49. The molecule has 14 heteroatoms. The number of carbonyl (C=O) groups excluding carboxylic acids is 4. The van der Waals surface area contributed by atoms with E-state index in [4.69, 9.17) is 14.2 Å². The van der Waals surface area contributed by atoms with Crippen molar-refractivity contribution in [3.05, 3.63) is 59.4 Å². The fourth-order valence-electron chi connectivity index (χ4n) is 4.74. The number of methoxy groups -OCH3 is 2. The summed E-state index contributed by atoms with van der Waals surface area (Å²) in [6.07, 6.45) is -1.26. The predicted octanol–water partition coefficient (Wildman–Crippen LogP) is 1.24. The molecule has 1 aliphatic heterocycles. The van der Waals surface area contributed by atoms with Crippen LogP contribution in [0, 0.1) is 12.8 Å². The Bertz CT molecular complexity index is 1510. The van der Waals surface area contributed by atoms with Gasteiger partial charge in [0.25, 0.3) is 5.91 Å². The second-order valence-corrected chi connectivity index (χ2v) is 10.9. The zero-order valence-electron chi connectivity index (χ0n) is 25.6. The van der Waals surface area contributed by atoms with Gasteiger partial charge in [-0.2, -0.15) is 4.68 Å². The SMILES string of the molecule is COC(=O)[C@@H]1Oc2cc(ccc2OC)C(=O)N[C@@H](C(C)C)CN(C(=O)Cc2ccc(-n3nnnc3C)cc2)CC(=O)N[C@H]1C. The van der Waals surface area contributed by atoms with Gasteiger partial charge >= 0.3 is 5.97 Å². The summed E-state index contributed by atoms with van der Waals surface area (Å²) in [7, 11) is 2.64. The summed E-state index contributed by atoms with van der Waals surface area (Å²) in [6, 6.07) is 10.4. The highest BCUT2D eigenvalue weighted by atomic mass is 16.6. The van der Waals surface area contributed by atoms with E-state index in [-0.39, 0.29) is 42.6 Å². The van der Waals surface area contributed by atoms with E-state index in [0.717, 1.165) is 5.69 Å². The van der Waals surface area contributed by atoms with Crippen molar-refractivity contribution in [3.8, 4) is 17.2 Å². The fourth-order valence-corrected chi connectivity index (χ4v) is 4.74. The number of tetrazole rings is 1. The molecule has 2 N–H and O–H groups in total. The number of aromatic nitrogens is 4. The van der Waals surface area contributed by atoms with Crippen LogP contribution < -0.4 is 20.1 Å². The first-order chi connectivity index (χ1) is 21.0. The van der Waals surface area contributed by atoms with Gasteiger partial charge in [-0.05, 0) is 66.1 Å². The first-order valence-corrected chi connectivity index (χ1v) is 14.2. The highest BCUT2D eigenvalue weighted by Gasteiger charge is 2.33. The van der Waals surface area contributed by atoms with E-state index >= 15 is 0 Å². The lowest BCUT2D eigenvalue weighted by Gasteiger charge is -2.32. The van der Waals surface area contributed by atoms with Crippen LogP contribution in [-0.2, 0) is 25.5 Å². The number of fused-ring (bicyclic) bond motifs is 2. The minimum atomic E-state index is -1.27. The Morgan fingerprint density at radius 3 is 2.43 bits per heavy atom. The van der Waals surface area contributed by atoms with E-state index in [1.807, 2.05) is 13.8 Å². The van der Waals surface area contributed by atoms with Crippen molar-refractivity contribution < 1.29 is 33.4 Å². The number of nitrogens with zero attached hydrogens (tertiary/aromatic N) is 5. The summed E-state index contributed by atoms with van der Waals surface area (Å²) in [5, 5.41) is 17.2. The van der Waals surface area contributed by atoms with Crippen LogP contribution in [0.4, 0.5) is 0 Å². The molecule has 0 fully saturated rings. The minimum absolute atomic E-state index is 0.00615. The molecule has 1 aliphatic rings. The molecule has 3 amide bonds. The molecule has 0 unspecified atom stereocenters. The van der Waals surface area contributed by atoms with Gasteiger partial charge in [0.05, 0.1) is 38.9 Å². The number of aryl methyl sites for hydroxylation is 1. The molecule has 0 aliphatic carbocycles. The number of benzene rings is 2. The van der Waals surface area contributed by atoms with Gasteiger partial charge in [-0.3, -0.25) is 14.4 Å². The van der Waals surface area contributed by atoms with Crippen LogP contribution in [0.2, 0.25) is 0 Å². The van der Waals surface area contributed by atoms with Crippen LogP contribution in [0.3, 0.4) is 0 Å². The maximum absolute atomic E-state index is 13.7. The first-order valence-electron chi connectivity index (χ1n) is 14.2. The molecule has 3 aromatic rings. The Balaban J connectivity index is 1.64. The molecular formula is C30H37N7O7. The van der Waals surface area contributed by atoms with Crippen LogP contribution in [0.25, 0.3) is 5.69 Å². The van der Waals surface area contributed by atoms with E-state index in [1.165, 1.54) is 25.2 Å². The Morgan fingerprint density at radius 1 is 1.09 bits per heavy atom. The molecule has 0 saturated carbocycles. The van der Waals surface area contributed by atoms with Gasteiger partial charge in [0.15, 0.2) is 17.3 Å². The van der Waals surface area contributed by atoms with Crippen molar-refractivity contribution in [3.63, 3.8) is 0 Å². The molecule has 0 spiro atoms. The third-order valence-electron chi connectivity index (χ3n) is 7.34. The highest BCUT2D eigenvalue weighted by Crippen LogP contribution is 2.30. The Kier molecular flexibility index (Phi) is 10.1. The number of hydrogen-bond acceptors (Lipinski definition) is 10. The second kappa shape index (κ2) is 14.0. The molecule has 234 valence electrons. The quantitative estimate of drug-likeness (QED) is 0.389. The molecule has 14 nitrogen and oxygen atoms in total. The lowest BCUT2D eigenvalue weighted by Crippen LogP contribution is -2.54. The van der Waals surface area contributed by atoms with E-state index < -0.39 is 36.0 Å². The minimum Gasteiger partial charge on any atom is -0.493 e. The smallest absolute Gasteiger partial charge is 0.349 e. The monoisotopic (exact) mass is 607 g/mol. The number of nitrogens with one attached hydrogen (secondary N) is 2. The number of hydrogen-bond donors (Lipinski definition) is 2. The van der Waals surface area contributed by atoms with Gasteiger partial charge in [0.2, 0.25) is 17.9 Å². The number of rotatable bonds is 6. The maximum Gasteiger partial charge on any atom is 0.349 e. The van der Waals surface area contributed by atoms with Crippen molar-refractivity contribution in [2.45, 2.75) is 52.3 Å². The summed E-state index contributed by atoms with van der Waals surface area (Å²) in [4.78, 5) is 54.4. The summed E-state index contributed by atoms with van der Waals surface area (Å²) in [6.45, 7) is 6.97. The van der Waals surface area contributed by atoms with E-state index in [2.05, 4.69) is 26.2 Å². The van der Waals surface area contributed by atoms with Crippen molar-refractivity contribution in [1.82, 2.24) is 35.7 Å². The molecule has 2 aromatic carbocycles. The molecule has 2 heterocycles. The zero-order chi connectivity index (χ0) is 32.0. The number of carbonyl (C=O) groups is 4. The average molecular weight is 608 g/mol. The van der Waals surface area contributed by atoms with Crippen LogP contribution in [0.1, 0.15) is 42.5 Å². The van der Waals surface area contributed by atoms with Crippen molar-refractivity contribution in [2.24, 2.45) is 5.92 Å². The molecule has 44 heavy (non-hydrogen) atoms. The topological polar surface area (TPSA) is 167 Å². The standard InChI is InChI=1S/C30H37N7O7/c1-17(2)23-15-36(27(39)13-20-7-10-22(11-8-20)37-19(4)33-34-35-37)16-26(38)31-18(3)28(30(41)43-6)44-25-14-21(29(40)32-23)9-12-24(25)42-5/h7-12,14,17-18,23,28H,13,15-16H2,1-6H3,(H,31,38)(H,32,40)/t18-,23+,28+/m0/s1. The van der Waals surface area contributed by atoms with Gasteiger partial charge in [0.1, 0.15) is 0 Å². The molecule has 3 atom stereocenters. The van der Waals surface area contributed by atoms with Crippen molar-refractivity contribution in [2.75, 3.05) is 27.3 Å². The van der Waals surface area contributed by atoms with Crippen LogP contribution in [0.15, 0.2) is 42.5 Å². The summed E-state index contributed by atoms with van der Waals surface area (Å²) in [5.74, 6) is -1.03. The summed E-state index contributed by atoms with van der Waals surface area (Å²) >= 11 is 0. The maximum atomic E-state index is 13.7. The third-order valence-corrected chi connectivity index (χ3v) is 7.34. The predicted molar refractivity (Wildman–Crippen MR) is 157 cm³/mol. The van der Waals surface area contributed by atoms with Gasteiger partial charge in [-0.1, -0.05) is 26.0 Å². The Hall–Kier alpha value is -5.01. The molecule has 1 aromatic heterocycles. The summed E-state index contributed by atoms with van der Waals surface area (Å²) in [5.41, 5.74) is 1.72. The lowest BCUT2D eigenvalue weighted by molar-refractivity contribution is -0.150.